The normalized spacial score (nSPS) is 10.7. The van der Waals surface area contributed by atoms with E-state index in [-0.39, 0.29) is 5.91 Å². The third-order valence-corrected chi connectivity index (χ3v) is 4.26. The van der Waals surface area contributed by atoms with Crippen molar-refractivity contribution >= 4 is 32.8 Å². The lowest BCUT2D eigenvalue weighted by Crippen LogP contribution is -2.25. The average Bonchev–Trinajstić information content (AvgIpc) is 3.01. The molecule has 1 amide bonds. The summed E-state index contributed by atoms with van der Waals surface area (Å²) < 4.78 is 11.7. The summed E-state index contributed by atoms with van der Waals surface area (Å²) in [7, 11) is 1.64. The molecule has 2 aromatic carbocycles. The predicted octanol–water partition coefficient (Wildman–Crippen LogP) is 4.18. The lowest BCUT2D eigenvalue weighted by atomic mass is 10.1. The van der Waals surface area contributed by atoms with Gasteiger partial charge < -0.3 is 14.5 Å². The number of furan rings is 1. The van der Waals surface area contributed by atoms with Crippen LogP contribution in [0.3, 0.4) is 0 Å². The number of carbonyl (C=O) groups is 1. The first-order valence-electron chi connectivity index (χ1n) is 7.26. The zero-order valence-corrected chi connectivity index (χ0v) is 14.2. The van der Waals surface area contributed by atoms with Gasteiger partial charge in [0.15, 0.2) is 5.76 Å². The number of rotatable bonds is 5. The third-order valence-electron chi connectivity index (χ3n) is 3.57. The van der Waals surface area contributed by atoms with Crippen LogP contribution >= 0.6 is 15.9 Å². The van der Waals surface area contributed by atoms with Gasteiger partial charge in [-0.2, -0.15) is 0 Å². The summed E-state index contributed by atoms with van der Waals surface area (Å²) in [5.41, 5.74) is 1.80. The molecule has 5 heteroatoms. The fourth-order valence-electron chi connectivity index (χ4n) is 2.37. The van der Waals surface area contributed by atoms with Gasteiger partial charge in [-0.15, -0.1) is 0 Å². The van der Waals surface area contributed by atoms with Gasteiger partial charge >= 0.3 is 0 Å². The Bertz CT molecular complexity index is 841. The molecule has 0 bridgehead atoms. The van der Waals surface area contributed by atoms with Crippen LogP contribution in [-0.4, -0.2) is 19.6 Å². The fraction of sp³-hybridized carbons (Fsp3) is 0.167. The maximum atomic E-state index is 12.2. The van der Waals surface area contributed by atoms with Crippen LogP contribution in [0.5, 0.6) is 5.75 Å². The molecular weight excluding hydrogens is 358 g/mol. The minimum Gasteiger partial charge on any atom is -0.497 e. The lowest BCUT2D eigenvalue weighted by molar-refractivity contribution is 0.0928. The topological polar surface area (TPSA) is 51.5 Å². The zero-order valence-electron chi connectivity index (χ0n) is 12.6. The second kappa shape index (κ2) is 6.87. The summed E-state index contributed by atoms with van der Waals surface area (Å²) in [4.78, 5) is 12.2. The van der Waals surface area contributed by atoms with E-state index in [4.69, 9.17) is 9.15 Å². The summed E-state index contributed by atoms with van der Waals surface area (Å²) in [5.74, 6) is 0.921. The van der Waals surface area contributed by atoms with E-state index in [1.807, 2.05) is 42.5 Å². The van der Waals surface area contributed by atoms with E-state index >= 15 is 0 Å². The molecule has 1 aromatic heterocycles. The largest absolute Gasteiger partial charge is 0.497 e. The molecule has 0 fully saturated rings. The highest BCUT2D eigenvalue weighted by Crippen LogP contribution is 2.26. The molecule has 0 saturated carbocycles. The van der Waals surface area contributed by atoms with Crippen LogP contribution in [0.2, 0.25) is 0 Å². The van der Waals surface area contributed by atoms with Gasteiger partial charge in [0.1, 0.15) is 11.3 Å². The lowest BCUT2D eigenvalue weighted by Gasteiger charge is -2.05. The van der Waals surface area contributed by atoms with Gasteiger partial charge in [0, 0.05) is 16.4 Å². The minimum absolute atomic E-state index is 0.212. The molecule has 1 N–H and O–H groups in total. The van der Waals surface area contributed by atoms with Gasteiger partial charge in [0.2, 0.25) is 0 Å². The van der Waals surface area contributed by atoms with Gasteiger partial charge in [0.25, 0.3) is 5.91 Å². The Morgan fingerprint density at radius 3 is 2.83 bits per heavy atom. The van der Waals surface area contributed by atoms with Crippen molar-refractivity contribution in [2.75, 3.05) is 13.7 Å². The highest BCUT2D eigenvalue weighted by molar-refractivity contribution is 9.10. The maximum absolute atomic E-state index is 12.2. The van der Waals surface area contributed by atoms with E-state index in [1.165, 1.54) is 0 Å². The Labute approximate surface area is 142 Å². The quantitative estimate of drug-likeness (QED) is 0.729. The van der Waals surface area contributed by atoms with Crippen LogP contribution < -0.4 is 10.1 Å². The first kappa shape index (κ1) is 15.6. The molecule has 0 aliphatic heterocycles. The van der Waals surface area contributed by atoms with Crippen molar-refractivity contribution in [3.8, 4) is 5.75 Å². The average molecular weight is 374 g/mol. The Kier molecular flexibility index (Phi) is 4.67. The van der Waals surface area contributed by atoms with Gasteiger partial charge in [-0.3, -0.25) is 4.79 Å². The SMILES string of the molecule is COc1cccc(CCNC(=O)c2cc3c(Br)cccc3o2)c1. The molecule has 0 aliphatic rings. The monoisotopic (exact) mass is 373 g/mol. The van der Waals surface area contributed by atoms with E-state index in [2.05, 4.69) is 21.2 Å². The van der Waals surface area contributed by atoms with E-state index in [9.17, 15) is 4.79 Å². The highest BCUT2D eigenvalue weighted by Gasteiger charge is 2.13. The first-order valence-corrected chi connectivity index (χ1v) is 8.06. The third kappa shape index (κ3) is 3.56. The first-order chi connectivity index (χ1) is 11.2. The molecule has 0 radical (unpaired) electrons. The van der Waals surface area contributed by atoms with Gasteiger partial charge in [-0.1, -0.05) is 34.1 Å². The van der Waals surface area contributed by atoms with Crippen molar-refractivity contribution in [3.05, 3.63) is 64.3 Å². The number of methoxy groups -OCH3 is 1. The zero-order chi connectivity index (χ0) is 16.2. The minimum atomic E-state index is -0.212. The number of hydrogen-bond acceptors (Lipinski definition) is 3. The standard InChI is InChI=1S/C18H16BrNO3/c1-22-13-5-2-4-12(10-13)8-9-20-18(21)17-11-14-15(19)6-3-7-16(14)23-17/h2-7,10-11H,8-9H2,1H3,(H,20,21). The Balaban J connectivity index is 1.63. The smallest absolute Gasteiger partial charge is 0.287 e. The maximum Gasteiger partial charge on any atom is 0.287 e. The van der Waals surface area contributed by atoms with Crippen LogP contribution in [0.15, 0.2) is 57.4 Å². The molecule has 3 rings (SSSR count). The summed E-state index contributed by atoms with van der Waals surface area (Å²) in [6.45, 7) is 0.532. The van der Waals surface area contributed by atoms with Crippen LogP contribution in [0.1, 0.15) is 16.1 Å². The Hall–Kier alpha value is -2.27. The van der Waals surface area contributed by atoms with Gasteiger partial charge in [0.05, 0.1) is 7.11 Å². The second-order valence-corrected chi connectivity index (χ2v) is 5.97. The van der Waals surface area contributed by atoms with Crippen LogP contribution in [0.4, 0.5) is 0 Å². The molecule has 0 atom stereocenters. The number of nitrogens with one attached hydrogen (secondary N) is 1. The van der Waals surface area contributed by atoms with Crippen LogP contribution in [0.25, 0.3) is 11.0 Å². The van der Waals surface area contributed by atoms with Gasteiger partial charge in [-0.05, 0) is 42.3 Å². The van der Waals surface area contributed by atoms with Crippen LogP contribution in [-0.2, 0) is 6.42 Å². The second-order valence-electron chi connectivity index (χ2n) is 5.12. The fourth-order valence-corrected chi connectivity index (χ4v) is 2.84. The molecule has 0 unspecified atom stereocenters. The van der Waals surface area contributed by atoms with Crippen molar-refractivity contribution in [1.82, 2.24) is 5.32 Å². The van der Waals surface area contributed by atoms with E-state index in [0.717, 1.165) is 27.6 Å². The summed E-state index contributed by atoms with van der Waals surface area (Å²) in [6, 6.07) is 15.2. The van der Waals surface area contributed by atoms with E-state index in [0.29, 0.717) is 17.9 Å². The van der Waals surface area contributed by atoms with Gasteiger partial charge in [-0.25, -0.2) is 0 Å². The number of benzene rings is 2. The van der Waals surface area contributed by atoms with Crippen molar-refractivity contribution in [2.24, 2.45) is 0 Å². The predicted molar refractivity (Wildman–Crippen MR) is 92.9 cm³/mol. The van der Waals surface area contributed by atoms with Crippen molar-refractivity contribution in [2.45, 2.75) is 6.42 Å². The molecule has 118 valence electrons. The molecule has 23 heavy (non-hydrogen) atoms. The molecule has 0 saturated heterocycles. The molecule has 3 aromatic rings. The summed E-state index contributed by atoms with van der Waals surface area (Å²) in [5, 5.41) is 3.77. The van der Waals surface area contributed by atoms with Crippen molar-refractivity contribution in [1.29, 1.82) is 0 Å². The van der Waals surface area contributed by atoms with Crippen molar-refractivity contribution in [3.63, 3.8) is 0 Å². The Morgan fingerprint density at radius 1 is 1.22 bits per heavy atom. The molecule has 0 aliphatic carbocycles. The Morgan fingerprint density at radius 2 is 2.04 bits per heavy atom. The molecule has 0 spiro atoms. The summed E-state index contributed by atoms with van der Waals surface area (Å²) >= 11 is 3.45. The molecule has 4 nitrogen and oxygen atoms in total. The number of hydrogen-bond donors (Lipinski definition) is 1. The van der Waals surface area contributed by atoms with Crippen LogP contribution in [0, 0.1) is 0 Å². The van der Waals surface area contributed by atoms with Crippen molar-refractivity contribution < 1.29 is 13.9 Å². The molecular formula is C18H16BrNO3. The van der Waals surface area contributed by atoms with E-state index in [1.54, 1.807) is 13.2 Å². The number of fused-ring (bicyclic) bond motifs is 1. The molecule has 1 heterocycles. The number of amides is 1. The number of carbonyl (C=O) groups excluding carboxylic acids is 1. The highest BCUT2D eigenvalue weighted by atomic mass is 79.9. The number of halogens is 1. The number of ether oxygens (including phenoxy) is 1. The summed E-state index contributed by atoms with van der Waals surface area (Å²) in [6.07, 6.45) is 0.729. The van der Waals surface area contributed by atoms with E-state index < -0.39 is 0 Å².